The Morgan fingerprint density at radius 2 is 1.71 bits per heavy atom. The normalized spacial score (nSPS) is 26.4. The molecule has 3 saturated carbocycles. The first kappa shape index (κ1) is 29.4. The number of nitrogens with zero attached hydrogens (tertiary/aromatic N) is 1. The predicted molar refractivity (Wildman–Crippen MR) is 141 cm³/mol. The molecular weight excluding hydrogens is 588 g/mol. The van der Waals surface area contributed by atoms with E-state index < -0.39 is 68.3 Å². The lowest BCUT2D eigenvalue weighted by Crippen LogP contribution is -2.69. The predicted octanol–water partition coefficient (Wildman–Crippen LogP) is 5.49. The molecule has 3 atom stereocenters. The average molecular weight is 613 g/mol. The first-order valence-electron chi connectivity index (χ1n) is 12.7. The van der Waals surface area contributed by atoms with Gasteiger partial charge in [-0.1, -0.05) is 24.6 Å². The Morgan fingerprint density at radius 3 is 2.34 bits per heavy atom. The summed E-state index contributed by atoms with van der Waals surface area (Å²) >= 11 is 6.25. The molecule has 0 radical (unpaired) electrons. The number of benzene rings is 2. The third kappa shape index (κ3) is 5.00. The van der Waals surface area contributed by atoms with Crippen LogP contribution < -0.4 is 5.32 Å². The van der Waals surface area contributed by atoms with Crippen LogP contribution in [0.3, 0.4) is 0 Å². The topological polar surface area (TPSA) is 117 Å². The van der Waals surface area contributed by atoms with Gasteiger partial charge in [-0.15, -0.1) is 0 Å². The average Bonchev–Trinajstić information content (AvgIpc) is 2.95. The number of amides is 1. The van der Waals surface area contributed by atoms with Gasteiger partial charge in [0.25, 0.3) is 12.3 Å². The zero-order valence-electron chi connectivity index (χ0n) is 21.4. The fourth-order valence-corrected chi connectivity index (χ4v) is 8.56. The number of sulfone groups is 1. The number of hydrogen-bond acceptors (Lipinski definition) is 6. The first-order valence-corrected chi connectivity index (χ1v) is 14.6. The van der Waals surface area contributed by atoms with Gasteiger partial charge in [-0.05, 0) is 73.1 Å². The quantitative estimate of drug-likeness (QED) is 0.304. The molecule has 2 aromatic carbocycles. The highest BCUT2D eigenvalue weighted by molar-refractivity contribution is 7.92. The molecule has 1 heterocycles. The fraction of sp³-hybridized carbons (Fsp3) is 0.357. The van der Waals surface area contributed by atoms with E-state index in [0.29, 0.717) is 0 Å². The van der Waals surface area contributed by atoms with Crippen molar-refractivity contribution in [1.29, 1.82) is 0 Å². The van der Waals surface area contributed by atoms with Crippen LogP contribution in [0.4, 0.5) is 23.2 Å². The Bertz CT molecular complexity index is 1610. The van der Waals surface area contributed by atoms with Crippen LogP contribution in [0.1, 0.15) is 54.0 Å². The van der Waals surface area contributed by atoms with E-state index in [-0.39, 0.29) is 45.6 Å². The van der Waals surface area contributed by atoms with Gasteiger partial charge < -0.3 is 15.5 Å². The minimum atomic E-state index is -4.15. The minimum absolute atomic E-state index is 0.0407. The van der Waals surface area contributed by atoms with Crippen molar-refractivity contribution in [2.75, 3.05) is 5.32 Å². The molecule has 1 amide bonds. The van der Waals surface area contributed by atoms with E-state index in [2.05, 4.69) is 10.3 Å². The van der Waals surface area contributed by atoms with Crippen LogP contribution in [0.25, 0.3) is 0 Å². The SMILES string of the molecule is CC1C2CC(S(=O)(=O)c3cc(C(=O)Nc4ccc(F)c(F)c4)ccc3Cl)CC1C2(O)C(O)c1cccc(C(F)F)n1. The summed E-state index contributed by atoms with van der Waals surface area (Å²) in [6, 6.07) is 10.1. The van der Waals surface area contributed by atoms with Crippen molar-refractivity contribution in [3.63, 3.8) is 0 Å². The molecule has 13 heteroatoms. The summed E-state index contributed by atoms with van der Waals surface area (Å²) < 4.78 is 80.5. The number of nitrogens with one attached hydrogen (secondary N) is 1. The van der Waals surface area contributed by atoms with Crippen LogP contribution in [-0.2, 0) is 9.84 Å². The van der Waals surface area contributed by atoms with Crippen molar-refractivity contribution in [3.05, 3.63) is 88.2 Å². The lowest BCUT2D eigenvalue weighted by atomic mass is 9.46. The molecule has 3 N–H and O–H groups in total. The molecule has 218 valence electrons. The van der Waals surface area contributed by atoms with Crippen LogP contribution in [-0.4, -0.2) is 40.4 Å². The van der Waals surface area contributed by atoms with Crippen molar-refractivity contribution in [1.82, 2.24) is 4.98 Å². The molecule has 41 heavy (non-hydrogen) atoms. The summed E-state index contributed by atoms with van der Waals surface area (Å²) in [6.07, 6.45) is -4.58. The zero-order valence-corrected chi connectivity index (χ0v) is 23.0. The third-order valence-corrected chi connectivity index (χ3v) is 11.0. The fourth-order valence-electron chi connectivity index (χ4n) is 6.21. The second kappa shape index (κ2) is 10.6. The van der Waals surface area contributed by atoms with Gasteiger partial charge in [0, 0.05) is 17.3 Å². The number of fused-ring (bicyclic) bond motifs is 2. The molecule has 1 aromatic heterocycles. The largest absolute Gasteiger partial charge is 0.386 e. The Balaban J connectivity index is 1.38. The van der Waals surface area contributed by atoms with Gasteiger partial charge in [-0.3, -0.25) is 4.79 Å². The number of alkyl halides is 2. The van der Waals surface area contributed by atoms with Crippen LogP contribution in [0.5, 0.6) is 0 Å². The summed E-state index contributed by atoms with van der Waals surface area (Å²) in [4.78, 5) is 16.2. The molecule has 3 aliphatic carbocycles. The van der Waals surface area contributed by atoms with E-state index >= 15 is 0 Å². The number of aliphatic hydroxyl groups excluding tert-OH is 1. The molecule has 7 nitrogen and oxygen atoms in total. The number of carbonyl (C=O) groups excluding carboxylic acids is 1. The maximum atomic E-state index is 13.7. The molecule has 3 aliphatic rings. The molecule has 3 aromatic rings. The first-order chi connectivity index (χ1) is 19.2. The van der Waals surface area contributed by atoms with Gasteiger partial charge in [0.05, 0.1) is 20.9 Å². The van der Waals surface area contributed by atoms with Gasteiger partial charge in [0.1, 0.15) is 17.4 Å². The number of rotatable bonds is 7. The molecule has 2 bridgehead atoms. The van der Waals surface area contributed by atoms with Crippen molar-refractivity contribution in [2.24, 2.45) is 17.8 Å². The lowest BCUT2D eigenvalue weighted by Gasteiger charge is -2.64. The van der Waals surface area contributed by atoms with Crippen LogP contribution in [0.15, 0.2) is 59.5 Å². The minimum Gasteiger partial charge on any atom is -0.386 e. The molecule has 0 aliphatic heterocycles. The molecule has 6 rings (SSSR count). The number of carbonyl (C=O) groups is 1. The number of anilines is 1. The highest BCUT2D eigenvalue weighted by Crippen LogP contribution is 2.63. The van der Waals surface area contributed by atoms with Gasteiger partial charge in [-0.25, -0.2) is 31.0 Å². The molecule has 3 unspecified atom stereocenters. The summed E-state index contributed by atoms with van der Waals surface area (Å²) in [6.45, 7) is 1.82. The van der Waals surface area contributed by atoms with Crippen LogP contribution >= 0.6 is 11.6 Å². The van der Waals surface area contributed by atoms with Gasteiger partial charge in [-0.2, -0.15) is 0 Å². The Kier molecular flexibility index (Phi) is 7.64. The van der Waals surface area contributed by atoms with E-state index in [1.54, 1.807) is 0 Å². The van der Waals surface area contributed by atoms with E-state index in [1.165, 1.54) is 24.3 Å². The Labute approximate surface area is 238 Å². The smallest absolute Gasteiger partial charge is 0.280 e. The second-order valence-corrected chi connectivity index (χ2v) is 13.1. The summed E-state index contributed by atoms with van der Waals surface area (Å²) in [5.41, 5.74) is -2.58. The summed E-state index contributed by atoms with van der Waals surface area (Å²) in [5, 5.41) is 23.8. The van der Waals surface area contributed by atoms with E-state index in [1.807, 2.05) is 6.92 Å². The van der Waals surface area contributed by atoms with Crippen molar-refractivity contribution in [3.8, 4) is 0 Å². The van der Waals surface area contributed by atoms with Crippen LogP contribution in [0.2, 0.25) is 5.02 Å². The van der Waals surface area contributed by atoms with Crippen molar-refractivity contribution in [2.45, 2.75) is 48.0 Å². The molecular formula is C28H25ClF4N2O5S. The molecule has 3 fully saturated rings. The van der Waals surface area contributed by atoms with E-state index in [4.69, 9.17) is 11.6 Å². The lowest BCUT2D eigenvalue weighted by molar-refractivity contribution is -0.266. The van der Waals surface area contributed by atoms with E-state index in [9.17, 15) is 41.0 Å². The summed E-state index contributed by atoms with van der Waals surface area (Å²) in [5.74, 6) is -4.59. The van der Waals surface area contributed by atoms with Crippen molar-refractivity contribution < 1.29 is 41.0 Å². The monoisotopic (exact) mass is 612 g/mol. The number of aliphatic hydroxyl groups is 2. The third-order valence-electron chi connectivity index (χ3n) is 8.34. The highest BCUT2D eigenvalue weighted by Gasteiger charge is 2.67. The Morgan fingerprint density at radius 1 is 1.05 bits per heavy atom. The zero-order chi connectivity index (χ0) is 29.9. The number of hydrogen-bond donors (Lipinski definition) is 3. The van der Waals surface area contributed by atoms with Crippen LogP contribution in [0, 0.1) is 29.4 Å². The molecule has 0 saturated heterocycles. The summed E-state index contributed by atoms with van der Waals surface area (Å²) in [7, 11) is -4.15. The standard InChI is InChI=1S/C28H25ClF4N2O5S/c1-13-17-11-16(12-18(13)28(17,38)25(36)22-3-2-4-23(35-22)26(32)33)41(39,40)24-9-14(5-7-19(24)29)27(37)34-15-6-8-20(30)21(31)10-15/h2-10,13,16-18,25-26,36,38H,11-12H2,1H3,(H,34,37). The second-order valence-electron chi connectivity index (χ2n) is 10.5. The Hall–Kier alpha value is -3.06. The molecule has 0 spiro atoms. The van der Waals surface area contributed by atoms with Gasteiger partial charge in [0.2, 0.25) is 0 Å². The number of aromatic nitrogens is 1. The highest BCUT2D eigenvalue weighted by atomic mass is 35.5. The number of halogens is 5. The van der Waals surface area contributed by atoms with E-state index in [0.717, 1.165) is 30.3 Å². The van der Waals surface area contributed by atoms with Gasteiger partial charge >= 0.3 is 0 Å². The number of pyridine rings is 1. The van der Waals surface area contributed by atoms with Gasteiger partial charge in [0.15, 0.2) is 21.5 Å². The maximum absolute atomic E-state index is 13.7. The maximum Gasteiger partial charge on any atom is 0.280 e. The van der Waals surface area contributed by atoms with Crippen molar-refractivity contribution >= 4 is 33.0 Å².